The molecule has 0 radical (unpaired) electrons. The first-order valence-corrected chi connectivity index (χ1v) is 9.74. The van der Waals surface area contributed by atoms with E-state index >= 15 is 0 Å². The van der Waals surface area contributed by atoms with E-state index in [1.54, 1.807) is 13.1 Å². The number of anilines is 1. The lowest BCUT2D eigenvalue weighted by Gasteiger charge is -2.32. The molecule has 0 atom stereocenters. The normalized spacial score (nSPS) is 15.1. The van der Waals surface area contributed by atoms with Crippen molar-refractivity contribution in [3.05, 3.63) is 58.5 Å². The number of benzene rings is 1. The highest BCUT2D eigenvalue weighted by atomic mass is 16.2. The second kappa shape index (κ2) is 7.88. The molecule has 7 nitrogen and oxygen atoms in total. The van der Waals surface area contributed by atoms with Gasteiger partial charge in [-0.2, -0.15) is 5.10 Å². The highest BCUT2D eigenvalue weighted by Gasteiger charge is 2.25. The standard InChI is InChI=1S/C21H25N5O2/c1-25-20(27)7-6-19(24-25)26-12-9-15(10-13-26)21(28)22-11-8-16-14-23-18-5-3-2-4-17(16)18/h2-7,14-15,23H,8-13H2,1H3,(H,22,28). The van der Waals surface area contributed by atoms with Gasteiger partial charge in [-0.1, -0.05) is 18.2 Å². The third-order valence-electron chi connectivity index (χ3n) is 5.50. The number of nitrogens with zero attached hydrogens (tertiary/aromatic N) is 3. The number of aryl methyl sites for hydroxylation is 1. The summed E-state index contributed by atoms with van der Waals surface area (Å²) in [7, 11) is 1.65. The summed E-state index contributed by atoms with van der Waals surface area (Å²) in [6, 6.07) is 11.5. The van der Waals surface area contributed by atoms with Gasteiger partial charge in [-0.05, 0) is 37.0 Å². The van der Waals surface area contributed by atoms with Crippen molar-refractivity contribution >= 4 is 22.6 Å². The molecule has 3 heterocycles. The second-order valence-corrected chi connectivity index (χ2v) is 7.32. The predicted octanol–water partition coefficient (Wildman–Crippen LogP) is 1.84. The Hall–Kier alpha value is -3.09. The molecule has 2 N–H and O–H groups in total. The van der Waals surface area contributed by atoms with Crippen molar-refractivity contribution in [2.75, 3.05) is 24.5 Å². The van der Waals surface area contributed by atoms with Gasteiger partial charge in [0, 0.05) is 55.8 Å². The summed E-state index contributed by atoms with van der Waals surface area (Å²) < 4.78 is 1.35. The molecule has 0 bridgehead atoms. The zero-order chi connectivity index (χ0) is 19.5. The fourth-order valence-corrected chi connectivity index (χ4v) is 3.83. The van der Waals surface area contributed by atoms with Crippen molar-refractivity contribution in [1.82, 2.24) is 20.1 Å². The van der Waals surface area contributed by atoms with Gasteiger partial charge in [0.2, 0.25) is 5.91 Å². The molecule has 1 aliphatic rings. The van der Waals surface area contributed by atoms with Crippen LogP contribution in [0, 0.1) is 5.92 Å². The number of H-pyrrole nitrogens is 1. The van der Waals surface area contributed by atoms with Gasteiger partial charge in [0.05, 0.1) is 0 Å². The lowest BCUT2D eigenvalue weighted by molar-refractivity contribution is -0.125. The van der Waals surface area contributed by atoms with E-state index < -0.39 is 0 Å². The monoisotopic (exact) mass is 379 g/mol. The largest absolute Gasteiger partial charge is 0.361 e. The molecule has 0 saturated carbocycles. The van der Waals surface area contributed by atoms with Gasteiger partial charge in [-0.25, -0.2) is 4.68 Å². The number of hydrogen-bond donors (Lipinski definition) is 2. The van der Waals surface area contributed by atoms with Crippen molar-refractivity contribution in [3.8, 4) is 0 Å². The van der Waals surface area contributed by atoms with Gasteiger partial charge in [0.25, 0.3) is 5.56 Å². The first-order valence-electron chi connectivity index (χ1n) is 9.74. The number of piperidine rings is 1. The zero-order valence-electron chi connectivity index (χ0n) is 16.0. The summed E-state index contributed by atoms with van der Waals surface area (Å²) in [6.07, 6.45) is 4.43. The van der Waals surface area contributed by atoms with Crippen LogP contribution in [0.4, 0.5) is 5.82 Å². The van der Waals surface area contributed by atoms with E-state index in [1.807, 2.05) is 18.3 Å². The van der Waals surface area contributed by atoms with Crippen LogP contribution in [0.2, 0.25) is 0 Å². The minimum absolute atomic E-state index is 0.0340. The predicted molar refractivity (Wildman–Crippen MR) is 109 cm³/mol. The van der Waals surface area contributed by atoms with E-state index in [4.69, 9.17) is 0 Å². The number of nitrogens with one attached hydrogen (secondary N) is 2. The molecule has 3 aromatic rings. The molecule has 1 aliphatic heterocycles. The van der Waals surface area contributed by atoms with E-state index in [0.717, 1.165) is 43.7 Å². The number of para-hydroxylation sites is 1. The lowest BCUT2D eigenvalue weighted by Crippen LogP contribution is -2.41. The molecule has 2 aromatic heterocycles. The number of carbonyl (C=O) groups excluding carboxylic acids is 1. The van der Waals surface area contributed by atoms with Crippen molar-refractivity contribution in [1.29, 1.82) is 0 Å². The lowest BCUT2D eigenvalue weighted by atomic mass is 9.96. The van der Waals surface area contributed by atoms with Gasteiger partial charge in [0.15, 0.2) is 0 Å². The Morgan fingerprint density at radius 2 is 2.00 bits per heavy atom. The number of rotatable bonds is 5. The van der Waals surface area contributed by atoms with Crippen molar-refractivity contribution in [3.63, 3.8) is 0 Å². The Morgan fingerprint density at radius 3 is 2.79 bits per heavy atom. The zero-order valence-corrected chi connectivity index (χ0v) is 16.0. The van der Waals surface area contributed by atoms with E-state index in [-0.39, 0.29) is 17.4 Å². The molecular formula is C21H25N5O2. The van der Waals surface area contributed by atoms with E-state index in [0.29, 0.717) is 6.54 Å². The fraction of sp³-hybridized carbons (Fsp3) is 0.381. The average Bonchev–Trinajstić information content (AvgIpc) is 3.13. The Bertz CT molecular complexity index is 1030. The first-order chi connectivity index (χ1) is 13.6. The fourth-order valence-electron chi connectivity index (χ4n) is 3.83. The van der Waals surface area contributed by atoms with Gasteiger partial charge >= 0.3 is 0 Å². The van der Waals surface area contributed by atoms with Crippen LogP contribution in [0.25, 0.3) is 10.9 Å². The maximum atomic E-state index is 12.5. The third-order valence-corrected chi connectivity index (χ3v) is 5.50. The molecule has 1 saturated heterocycles. The highest BCUT2D eigenvalue weighted by Crippen LogP contribution is 2.21. The van der Waals surface area contributed by atoms with Crippen LogP contribution in [-0.2, 0) is 18.3 Å². The van der Waals surface area contributed by atoms with Gasteiger partial charge in [-0.15, -0.1) is 0 Å². The van der Waals surface area contributed by atoms with Crippen LogP contribution < -0.4 is 15.8 Å². The van der Waals surface area contributed by atoms with Gasteiger partial charge in [0.1, 0.15) is 5.82 Å². The molecule has 1 fully saturated rings. The highest BCUT2D eigenvalue weighted by molar-refractivity contribution is 5.83. The van der Waals surface area contributed by atoms with E-state index in [2.05, 4.69) is 32.4 Å². The molecule has 7 heteroatoms. The molecular weight excluding hydrogens is 354 g/mol. The van der Waals surface area contributed by atoms with Crippen LogP contribution in [0.3, 0.4) is 0 Å². The van der Waals surface area contributed by atoms with Crippen molar-refractivity contribution in [2.24, 2.45) is 13.0 Å². The summed E-state index contributed by atoms with van der Waals surface area (Å²) in [6.45, 7) is 2.18. The molecule has 0 unspecified atom stereocenters. The Morgan fingerprint density at radius 1 is 1.21 bits per heavy atom. The maximum absolute atomic E-state index is 12.5. The number of amides is 1. The minimum Gasteiger partial charge on any atom is -0.361 e. The summed E-state index contributed by atoms with van der Waals surface area (Å²) in [5.74, 6) is 0.958. The van der Waals surface area contributed by atoms with E-state index in [1.165, 1.54) is 21.7 Å². The Balaban J connectivity index is 1.27. The summed E-state index contributed by atoms with van der Waals surface area (Å²) >= 11 is 0. The van der Waals surface area contributed by atoms with Gasteiger partial charge in [-0.3, -0.25) is 9.59 Å². The smallest absolute Gasteiger partial charge is 0.266 e. The van der Waals surface area contributed by atoms with Crippen LogP contribution >= 0.6 is 0 Å². The quantitative estimate of drug-likeness (QED) is 0.709. The molecule has 146 valence electrons. The van der Waals surface area contributed by atoms with E-state index in [9.17, 15) is 9.59 Å². The Kier molecular flexibility index (Phi) is 5.14. The first kappa shape index (κ1) is 18.3. The molecule has 1 aromatic carbocycles. The van der Waals surface area contributed by atoms with Crippen LogP contribution in [-0.4, -0.2) is 40.3 Å². The number of aromatic nitrogens is 3. The number of aromatic amines is 1. The number of fused-ring (bicyclic) bond motifs is 1. The molecule has 0 spiro atoms. The summed E-state index contributed by atoms with van der Waals surface area (Å²) in [5.41, 5.74) is 2.24. The van der Waals surface area contributed by atoms with Gasteiger partial charge < -0.3 is 15.2 Å². The SMILES string of the molecule is Cn1nc(N2CCC(C(=O)NCCc3c[nH]c4ccccc34)CC2)ccc1=O. The maximum Gasteiger partial charge on any atom is 0.266 e. The third kappa shape index (κ3) is 3.78. The molecule has 0 aliphatic carbocycles. The van der Waals surface area contributed by atoms with Crippen molar-refractivity contribution in [2.45, 2.75) is 19.3 Å². The van der Waals surface area contributed by atoms with Crippen LogP contribution in [0.5, 0.6) is 0 Å². The van der Waals surface area contributed by atoms with Crippen LogP contribution in [0.15, 0.2) is 47.4 Å². The molecule has 4 rings (SSSR count). The second-order valence-electron chi connectivity index (χ2n) is 7.32. The minimum atomic E-state index is -0.117. The Labute approximate surface area is 163 Å². The molecule has 28 heavy (non-hydrogen) atoms. The number of carbonyl (C=O) groups is 1. The topological polar surface area (TPSA) is 83.0 Å². The average molecular weight is 379 g/mol. The number of hydrogen-bond acceptors (Lipinski definition) is 4. The van der Waals surface area contributed by atoms with Crippen LogP contribution in [0.1, 0.15) is 18.4 Å². The summed E-state index contributed by atoms with van der Waals surface area (Å²) in [4.78, 5) is 29.4. The summed E-state index contributed by atoms with van der Waals surface area (Å²) in [5, 5.41) is 8.61. The molecule has 1 amide bonds. The van der Waals surface area contributed by atoms with Crippen molar-refractivity contribution < 1.29 is 4.79 Å².